The maximum Gasteiger partial charge on any atom is 0.265 e. The molecule has 1 aliphatic heterocycles. The molecule has 1 fully saturated rings. The van der Waals surface area contributed by atoms with E-state index >= 15 is 0 Å². The summed E-state index contributed by atoms with van der Waals surface area (Å²) in [4.78, 5) is 26.2. The zero-order valence-electron chi connectivity index (χ0n) is 15.0. The van der Waals surface area contributed by atoms with Gasteiger partial charge < -0.3 is 4.57 Å². The summed E-state index contributed by atoms with van der Waals surface area (Å²) in [5.41, 5.74) is 3.25. The van der Waals surface area contributed by atoms with Crippen LogP contribution in [0.5, 0.6) is 0 Å². The van der Waals surface area contributed by atoms with Crippen molar-refractivity contribution in [3.63, 3.8) is 0 Å². The third kappa shape index (κ3) is 3.46. The van der Waals surface area contributed by atoms with Gasteiger partial charge in [0.2, 0.25) is 0 Å². The fourth-order valence-corrected chi connectivity index (χ4v) is 3.32. The molecule has 0 radical (unpaired) electrons. The summed E-state index contributed by atoms with van der Waals surface area (Å²) in [7, 11) is 0. The first-order valence-corrected chi connectivity index (χ1v) is 8.69. The Balaban J connectivity index is 2.04. The number of nitrogens with zero attached hydrogens (tertiary/aromatic N) is 2. The SMILES string of the molecule is C=CCN1C(=O)C(=Cc2cc(C)n(-c3ccc(F)cc3)c2C)C(=O)NC1=S. The van der Waals surface area contributed by atoms with Crippen LogP contribution >= 0.6 is 12.2 Å². The molecule has 3 rings (SSSR count). The van der Waals surface area contributed by atoms with E-state index in [1.165, 1.54) is 17.0 Å². The monoisotopic (exact) mass is 383 g/mol. The summed E-state index contributed by atoms with van der Waals surface area (Å²) in [5.74, 6) is -1.31. The number of hydrogen-bond acceptors (Lipinski definition) is 3. The number of thiocarbonyl (C=S) groups is 1. The van der Waals surface area contributed by atoms with Crippen molar-refractivity contribution in [2.75, 3.05) is 6.54 Å². The van der Waals surface area contributed by atoms with Gasteiger partial charge in [0.1, 0.15) is 11.4 Å². The molecule has 0 aliphatic carbocycles. The fourth-order valence-electron chi connectivity index (χ4n) is 3.07. The number of hydrogen-bond donors (Lipinski definition) is 1. The van der Waals surface area contributed by atoms with Crippen molar-refractivity contribution in [1.29, 1.82) is 0 Å². The number of rotatable bonds is 4. The molecule has 1 aromatic heterocycles. The predicted molar refractivity (Wildman–Crippen MR) is 106 cm³/mol. The lowest BCUT2D eigenvalue weighted by Crippen LogP contribution is -2.53. The minimum atomic E-state index is -0.531. The summed E-state index contributed by atoms with van der Waals surface area (Å²) >= 11 is 5.05. The van der Waals surface area contributed by atoms with Crippen molar-refractivity contribution in [3.8, 4) is 5.69 Å². The Labute approximate surface area is 161 Å². The van der Waals surface area contributed by atoms with Gasteiger partial charge >= 0.3 is 0 Å². The molecule has 1 aliphatic rings. The molecule has 0 saturated carbocycles. The number of benzene rings is 1. The molecule has 0 unspecified atom stereocenters. The number of aromatic nitrogens is 1. The second kappa shape index (κ2) is 7.28. The summed E-state index contributed by atoms with van der Waals surface area (Å²) in [6.07, 6.45) is 3.09. The summed E-state index contributed by atoms with van der Waals surface area (Å²) < 4.78 is 15.1. The van der Waals surface area contributed by atoms with Gasteiger partial charge in [-0.25, -0.2) is 4.39 Å². The number of carbonyl (C=O) groups excluding carboxylic acids is 2. The van der Waals surface area contributed by atoms with Gasteiger partial charge in [-0.05, 0) is 68.0 Å². The first-order chi connectivity index (χ1) is 12.8. The molecular weight excluding hydrogens is 365 g/mol. The molecule has 27 heavy (non-hydrogen) atoms. The minimum Gasteiger partial charge on any atom is -0.318 e. The van der Waals surface area contributed by atoms with Gasteiger partial charge in [-0.1, -0.05) is 6.08 Å². The van der Waals surface area contributed by atoms with Crippen LogP contribution in [-0.2, 0) is 9.59 Å². The van der Waals surface area contributed by atoms with E-state index in [2.05, 4.69) is 11.9 Å². The van der Waals surface area contributed by atoms with Gasteiger partial charge in [0.05, 0.1) is 0 Å². The first-order valence-electron chi connectivity index (χ1n) is 8.28. The third-order valence-corrected chi connectivity index (χ3v) is 4.67. The number of nitrogens with one attached hydrogen (secondary N) is 1. The van der Waals surface area contributed by atoms with Gasteiger partial charge in [0.15, 0.2) is 5.11 Å². The van der Waals surface area contributed by atoms with Crippen molar-refractivity contribution in [1.82, 2.24) is 14.8 Å². The number of amides is 2. The summed E-state index contributed by atoms with van der Waals surface area (Å²) in [6, 6.07) is 8.00. The van der Waals surface area contributed by atoms with Gasteiger partial charge in [-0.2, -0.15) is 0 Å². The highest BCUT2D eigenvalue weighted by molar-refractivity contribution is 7.80. The Hall–Kier alpha value is -3.06. The Bertz CT molecular complexity index is 989. The van der Waals surface area contributed by atoms with Crippen LogP contribution in [-0.4, -0.2) is 32.9 Å². The quantitative estimate of drug-likeness (QED) is 0.382. The minimum absolute atomic E-state index is 0.00445. The van der Waals surface area contributed by atoms with E-state index in [9.17, 15) is 14.0 Å². The van der Waals surface area contributed by atoms with E-state index in [-0.39, 0.29) is 23.0 Å². The normalized spacial score (nSPS) is 16.0. The highest BCUT2D eigenvalue weighted by atomic mass is 32.1. The molecule has 0 atom stereocenters. The van der Waals surface area contributed by atoms with Crippen LogP contribution in [0.3, 0.4) is 0 Å². The second-order valence-electron chi connectivity index (χ2n) is 6.16. The van der Waals surface area contributed by atoms with Crippen molar-refractivity contribution < 1.29 is 14.0 Å². The van der Waals surface area contributed by atoms with E-state index < -0.39 is 11.8 Å². The second-order valence-corrected chi connectivity index (χ2v) is 6.55. The van der Waals surface area contributed by atoms with Crippen molar-refractivity contribution in [2.24, 2.45) is 0 Å². The third-order valence-electron chi connectivity index (χ3n) is 4.35. The van der Waals surface area contributed by atoms with E-state index in [0.29, 0.717) is 0 Å². The molecule has 138 valence electrons. The van der Waals surface area contributed by atoms with Crippen LogP contribution in [0.25, 0.3) is 11.8 Å². The standard InChI is InChI=1S/C20H18FN3O2S/c1-4-9-23-19(26)17(18(25)22-20(23)27)11-14-10-12(2)24(13(14)3)16-7-5-15(21)6-8-16/h4-8,10-11H,1,9H2,2-3H3,(H,22,25,27). The average molecular weight is 383 g/mol. The molecule has 7 heteroatoms. The molecule has 1 aromatic carbocycles. The van der Waals surface area contributed by atoms with Crippen LogP contribution in [0, 0.1) is 19.7 Å². The zero-order valence-corrected chi connectivity index (χ0v) is 15.8. The molecular formula is C20H18FN3O2S. The van der Waals surface area contributed by atoms with Gasteiger partial charge in [0, 0.05) is 23.6 Å². The molecule has 0 bridgehead atoms. The van der Waals surface area contributed by atoms with E-state index in [1.54, 1.807) is 24.3 Å². The molecule has 0 spiro atoms. The molecule has 2 amide bonds. The molecule has 5 nitrogen and oxygen atoms in total. The van der Waals surface area contributed by atoms with Crippen LogP contribution in [0.4, 0.5) is 4.39 Å². The first kappa shape index (κ1) is 18.7. The summed E-state index contributed by atoms with van der Waals surface area (Å²) in [5, 5.41) is 2.60. The Morgan fingerprint density at radius 2 is 1.89 bits per heavy atom. The highest BCUT2D eigenvalue weighted by Gasteiger charge is 2.32. The van der Waals surface area contributed by atoms with Gasteiger partial charge in [-0.3, -0.25) is 19.8 Å². The Kier molecular flexibility index (Phi) is 5.05. The molecule has 2 heterocycles. The van der Waals surface area contributed by atoms with E-state index in [4.69, 9.17) is 12.2 Å². The molecule has 2 aromatic rings. The highest BCUT2D eigenvalue weighted by Crippen LogP contribution is 2.24. The maximum absolute atomic E-state index is 13.2. The van der Waals surface area contributed by atoms with Crippen molar-refractivity contribution >= 4 is 35.2 Å². The number of halogens is 1. The number of aryl methyl sites for hydroxylation is 1. The summed E-state index contributed by atoms with van der Waals surface area (Å²) in [6.45, 7) is 7.60. The predicted octanol–water partition coefficient (Wildman–Crippen LogP) is 3.05. The topological polar surface area (TPSA) is 54.3 Å². The van der Waals surface area contributed by atoms with Gasteiger partial charge in [-0.15, -0.1) is 6.58 Å². The maximum atomic E-state index is 13.2. The van der Waals surface area contributed by atoms with E-state index in [0.717, 1.165) is 22.6 Å². The van der Waals surface area contributed by atoms with Crippen LogP contribution in [0.15, 0.2) is 48.6 Å². The lowest BCUT2D eigenvalue weighted by molar-refractivity contribution is -0.128. The molecule has 1 N–H and O–H groups in total. The fraction of sp³-hybridized carbons (Fsp3) is 0.150. The van der Waals surface area contributed by atoms with Crippen molar-refractivity contribution in [2.45, 2.75) is 13.8 Å². The number of carbonyl (C=O) groups is 2. The largest absolute Gasteiger partial charge is 0.318 e. The van der Waals surface area contributed by atoms with E-state index in [1.807, 2.05) is 24.5 Å². The van der Waals surface area contributed by atoms with Crippen LogP contribution in [0.2, 0.25) is 0 Å². The Morgan fingerprint density at radius 1 is 1.22 bits per heavy atom. The Morgan fingerprint density at radius 3 is 2.52 bits per heavy atom. The van der Waals surface area contributed by atoms with Crippen LogP contribution in [0.1, 0.15) is 17.0 Å². The van der Waals surface area contributed by atoms with Crippen molar-refractivity contribution in [3.05, 3.63) is 71.3 Å². The smallest absolute Gasteiger partial charge is 0.265 e. The lowest BCUT2D eigenvalue weighted by Gasteiger charge is -2.27. The lowest BCUT2D eigenvalue weighted by atomic mass is 10.1. The van der Waals surface area contributed by atoms with Gasteiger partial charge in [0.25, 0.3) is 11.8 Å². The van der Waals surface area contributed by atoms with Crippen LogP contribution < -0.4 is 5.32 Å². The zero-order chi connectivity index (χ0) is 19.7. The molecule has 1 saturated heterocycles. The average Bonchev–Trinajstić information content (AvgIpc) is 2.90.